The summed E-state index contributed by atoms with van der Waals surface area (Å²) in [6.45, 7) is 2.58. The van der Waals surface area contributed by atoms with Crippen molar-refractivity contribution >= 4 is 27.6 Å². The summed E-state index contributed by atoms with van der Waals surface area (Å²) in [5.74, 6) is 0.705. The van der Waals surface area contributed by atoms with E-state index in [0.717, 1.165) is 34.7 Å². The van der Waals surface area contributed by atoms with Gasteiger partial charge in [-0.05, 0) is 44.1 Å². The standard InChI is InChI=1S/C21H24N4O2S/c1-27-18-10-4-3-8-15(18)17(25-12-5-2-6-13-25)14-23-19(26)21-24-16-9-7-11-22-20(16)28-21/h3-4,7-11,17H,2,5-6,12-14H2,1H3,(H,23,26). The van der Waals surface area contributed by atoms with E-state index in [2.05, 4.69) is 26.3 Å². The van der Waals surface area contributed by atoms with Crippen LogP contribution >= 0.6 is 11.3 Å². The molecule has 28 heavy (non-hydrogen) atoms. The van der Waals surface area contributed by atoms with E-state index in [9.17, 15) is 4.79 Å². The maximum absolute atomic E-state index is 12.7. The van der Waals surface area contributed by atoms with Crippen molar-refractivity contribution in [1.29, 1.82) is 0 Å². The van der Waals surface area contributed by atoms with E-state index < -0.39 is 0 Å². The Morgan fingerprint density at radius 2 is 2.04 bits per heavy atom. The molecule has 1 aromatic carbocycles. The molecule has 1 fully saturated rings. The highest BCUT2D eigenvalue weighted by atomic mass is 32.1. The third kappa shape index (κ3) is 4.00. The average molecular weight is 397 g/mol. The molecule has 1 saturated heterocycles. The van der Waals surface area contributed by atoms with Crippen molar-refractivity contribution in [3.05, 3.63) is 53.2 Å². The number of hydrogen-bond donors (Lipinski definition) is 1. The summed E-state index contributed by atoms with van der Waals surface area (Å²) in [6, 6.07) is 11.9. The highest BCUT2D eigenvalue weighted by Gasteiger charge is 2.26. The number of benzene rings is 1. The number of nitrogens with zero attached hydrogens (tertiary/aromatic N) is 3. The molecule has 1 unspecified atom stereocenters. The molecule has 0 aliphatic carbocycles. The number of amides is 1. The summed E-state index contributed by atoms with van der Waals surface area (Å²) in [7, 11) is 1.69. The lowest BCUT2D eigenvalue weighted by Crippen LogP contribution is -2.40. The van der Waals surface area contributed by atoms with Crippen LogP contribution in [0.5, 0.6) is 5.75 Å². The number of para-hydroxylation sites is 1. The van der Waals surface area contributed by atoms with E-state index in [0.29, 0.717) is 11.6 Å². The molecule has 0 saturated carbocycles. The molecule has 2 aromatic heterocycles. The van der Waals surface area contributed by atoms with E-state index in [1.807, 2.05) is 30.3 Å². The van der Waals surface area contributed by atoms with Gasteiger partial charge in [0.05, 0.1) is 13.2 Å². The van der Waals surface area contributed by atoms with Gasteiger partial charge in [-0.2, -0.15) is 0 Å². The fraction of sp³-hybridized carbons (Fsp3) is 0.381. The second-order valence-electron chi connectivity index (χ2n) is 6.91. The highest BCUT2D eigenvalue weighted by Crippen LogP contribution is 2.31. The Balaban J connectivity index is 1.54. The summed E-state index contributed by atoms with van der Waals surface area (Å²) >= 11 is 1.32. The number of pyridine rings is 1. The van der Waals surface area contributed by atoms with Crippen LogP contribution < -0.4 is 10.1 Å². The normalized spacial score (nSPS) is 16.0. The van der Waals surface area contributed by atoms with Crippen molar-refractivity contribution in [2.24, 2.45) is 0 Å². The Morgan fingerprint density at radius 3 is 2.82 bits per heavy atom. The van der Waals surface area contributed by atoms with Crippen molar-refractivity contribution in [2.45, 2.75) is 25.3 Å². The molecule has 7 heteroatoms. The summed E-state index contributed by atoms with van der Waals surface area (Å²) < 4.78 is 5.59. The first-order valence-electron chi connectivity index (χ1n) is 9.63. The first kappa shape index (κ1) is 18.8. The smallest absolute Gasteiger partial charge is 0.280 e. The zero-order valence-electron chi connectivity index (χ0n) is 15.9. The quantitative estimate of drug-likeness (QED) is 0.689. The molecule has 0 bridgehead atoms. The van der Waals surface area contributed by atoms with Gasteiger partial charge in [0.25, 0.3) is 5.91 Å². The second-order valence-corrected chi connectivity index (χ2v) is 7.89. The number of piperidine rings is 1. The van der Waals surface area contributed by atoms with Crippen LogP contribution in [0, 0.1) is 0 Å². The molecule has 3 aromatic rings. The number of likely N-dealkylation sites (tertiary alicyclic amines) is 1. The first-order valence-corrected chi connectivity index (χ1v) is 10.4. The van der Waals surface area contributed by atoms with Gasteiger partial charge >= 0.3 is 0 Å². The zero-order valence-corrected chi connectivity index (χ0v) is 16.7. The van der Waals surface area contributed by atoms with Gasteiger partial charge in [0.2, 0.25) is 0 Å². The van der Waals surface area contributed by atoms with Crippen molar-refractivity contribution in [1.82, 2.24) is 20.2 Å². The third-order valence-corrected chi connectivity index (χ3v) is 6.12. The van der Waals surface area contributed by atoms with Crippen molar-refractivity contribution in [3.8, 4) is 5.75 Å². The Hall–Kier alpha value is -2.51. The van der Waals surface area contributed by atoms with Gasteiger partial charge < -0.3 is 10.1 Å². The average Bonchev–Trinajstić information content (AvgIpc) is 3.19. The fourth-order valence-electron chi connectivity index (χ4n) is 3.74. The Kier molecular flexibility index (Phi) is 5.83. The number of aromatic nitrogens is 2. The molecule has 4 rings (SSSR count). The van der Waals surface area contributed by atoms with E-state index in [1.165, 1.54) is 30.6 Å². The van der Waals surface area contributed by atoms with Gasteiger partial charge in [-0.1, -0.05) is 36.0 Å². The number of fused-ring (bicyclic) bond motifs is 1. The molecule has 1 N–H and O–H groups in total. The fourth-order valence-corrected chi connectivity index (χ4v) is 4.56. The van der Waals surface area contributed by atoms with Crippen LogP contribution in [0.15, 0.2) is 42.6 Å². The van der Waals surface area contributed by atoms with E-state index in [4.69, 9.17) is 4.74 Å². The van der Waals surface area contributed by atoms with Crippen LogP contribution in [0.2, 0.25) is 0 Å². The number of carbonyl (C=O) groups is 1. The number of thiazole rings is 1. The van der Waals surface area contributed by atoms with E-state index in [-0.39, 0.29) is 11.9 Å². The van der Waals surface area contributed by atoms with Crippen LogP contribution in [0.1, 0.15) is 40.7 Å². The minimum atomic E-state index is -0.153. The van der Waals surface area contributed by atoms with Gasteiger partial charge in [0, 0.05) is 18.3 Å². The Labute approximate surface area is 168 Å². The molecular formula is C21H24N4O2S. The maximum Gasteiger partial charge on any atom is 0.280 e. The lowest BCUT2D eigenvalue weighted by atomic mass is 10.0. The molecule has 1 atom stereocenters. The van der Waals surface area contributed by atoms with Gasteiger partial charge in [0.1, 0.15) is 16.1 Å². The lowest BCUT2D eigenvalue weighted by molar-refractivity contribution is 0.0923. The second kappa shape index (κ2) is 8.67. The Morgan fingerprint density at radius 1 is 1.21 bits per heavy atom. The largest absolute Gasteiger partial charge is 0.496 e. The Bertz CT molecular complexity index is 919. The van der Waals surface area contributed by atoms with Gasteiger partial charge in [-0.3, -0.25) is 9.69 Å². The van der Waals surface area contributed by atoms with Crippen LogP contribution in [0.3, 0.4) is 0 Å². The molecule has 3 heterocycles. The summed E-state index contributed by atoms with van der Waals surface area (Å²) in [5.41, 5.74) is 1.87. The SMILES string of the molecule is COc1ccccc1C(CNC(=O)c1nc2cccnc2s1)N1CCCCC1. The first-order chi connectivity index (χ1) is 13.8. The maximum atomic E-state index is 12.7. The van der Waals surface area contributed by atoms with Gasteiger partial charge in [-0.25, -0.2) is 9.97 Å². The van der Waals surface area contributed by atoms with Crippen molar-refractivity contribution in [2.75, 3.05) is 26.7 Å². The van der Waals surface area contributed by atoms with Crippen LogP contribution in [0.4, 0.5) is 0 Å². The highest BCUT2D eigenvalue weighted by molar-refractivity contribution is 7.19. The molecule has 1 aliphatic rings. The molecule has 0 radical (unpaired) electrons. The summed E-state index contributed by atoms with van der Waals surface area (Å²) in [5, 5.41) is 3.54. The number of carbonyl (C=O) groups excluding carboxylic acids is 1. The predicted molar refractivity (Wildman–Crippen MR) is 111 cm³/mol. The lowest BCUT2D eigenvalue weighted by Gasteiger charge is -2.35. The number of hydrogen-bond acceptors (Lipinski definition) is 6. The predicted octanol–water partition coefficient (Wildman–Crippen LogP) is 3.66. The van der Waals surface area contributed by atoms with E-state index in [1.54, 1.807) is 13.3 Å². The number of nitrogens with one attached hydrogen (secondary N) is 1. The summed E-state index contributed by atoms with van der Waals surface area (Å²) in [4.78, 5) is 24.7. The third-order valence-electron chi connectivity index (χ3n) is 5.15. The number of methoxy groups -OCH3 is 1. The van der Waals surface area contributed by atoms with Crippen molar-refractivity contribution in [3.63, 3.8) is 0 Å². The zero-order chi connectivity index (χ0) is 19.3. The summed E-state index contributed by atoms with van der Waals surface area (Å²) in [6.07, 6.45) is 5.35. The molecule has 6 nitrogen and oxygen atoms in total. The molecule has 0 spiro atoms. The van der Waals surface area contributed by atoms with Crippen LogP contribution in [-0.2, 0) is 0 Å². The van der Waals surface area contributed by atoms with E-state index >= 15 is 0 Å². The molecular weight excluding hydrogens is 372 g/mol. The number of rotatable bonds is 6. The topological polar surface area (TPSA) is 67.3 Å². The minimum absolute atomic E-state index is 0.0768. The van der Waals surface area contributed by atoms with Crippen LogP contribution in [-0.4, -0.2) is 47.5 Å². The minimum Gasteiger partial charge on any atom is -0.496 e. The molecule has 1 amide bonds. The van der Waals surface area contributed by atoms with Crippen molar-refractivity contribution < 1.29 is 9.53 Å². The monoisotopic (exact) mass is 396 g/mol. The van der Waals surface area contributed by atoms with Crippen LogP contribution in [0.25, 0.3) is 10.3 Å². The molecule has 1 aliphatic heterocycles. The number of ether oxygens (including phenoxy) is 1. The van der Waals surface area contributed by atoms with Gasteiger partial charge in [0.15, 0.2) is 5.01 Å². The molecule has 146 valence electrons. The van der Waals surface area contributed by atoms with Gasteiger partial charge in [-0.15, -0.1) is 0 Å².